The molecule has 0 spiro atoms. The molecule has 6 fully saturated rings. The summed E-state index contributed by atoms with van der Waals surface area (Å²) in [6, 6.07) is 0. The average Bonchev–Trinajstić information content (AvgIpc) is 3.49. The average molecular weight is 633 g/mol. The molecule has 8 rings (SSSR count). The second-order valence-electron chi connectivity index (χ2n) is 18.8. The zero-order valence-electron chi connectivity index (χ0n) is 29.2. The third-order valence-corrected chi connectivity index (χ3v) is 18.3. The van der Waals surface area contributed by atoms with E-state index in [2.05, 4.69) is 40.8 Å². The van der Waals surface area contributed by atoms with Crippen LogP contribution < -0.4 is 0 Å². The number of hydrogen-bond donors (Lipinski definition) is 0. The van der Waals surface area contributed by atoms with E-state index in [1.807, 2.05) is 12.2 Å². The van der Waals surface area contributed by atoms with Crippen molar-refractivity contribution in [2.24, 2.45) is 57.2 Å². The summed E-state index contributed by atoms with van der Waals surface area (Å²) in [7, 11) is -2.36. The second-order valence-corrected chi connectivity index (χ2v) is 22.1. The molecule has 0 aromatic carbocycles. The summed E-state index contributed by atoms with van der Waals surface area (Å²) in [5.74, 6) is 5.23. The molecular weight excluding hydrogens is 573 g/mol. The summed E-state index contributed by atoms with van der Waals surface area (Å²) in [6.45, 7) is 14.9. The molecule has 0 bridgehead atoms. The predicted octanol–water partition coefficient (Wildman–Crippen LogP) is 9.52. The molecule has 5 heteroatoms. The molecule has 0 N–H and O–H groups in total. The Labute approximate surface area is 274 Å². The maximum absolute atomic E-state index is 12.3. The minimum absolute atomic E-state index is 0.240. The van der Waals surface area contributed by atoms with Gasteiger partial charge in [-0.3, -0.25) is 9.59 Å². The summed E-state index contributed by atoms with van der Waals surface area (Å²) in [4.78, 5) is 24.5. The molecule has 12 atom stereocenters. The standard InChI is InChI=1S/C40H60O4Si/c1-37-19-15-27(41)23-25(37)7-9-29-31-11-13-35(39(31,3)21-17-33(29)37)43-45(5,6)44-36-14-12-32-30-10-8-26-24-28(42)16-20-38(26,2)34(30)18-22-40(32,36)4/h23-24,29-36H,7-22H2,1-6H3/t29-,30-,31-,32-,33-,34-,35?,36?,37-,38-,39-,40-/m0/s1. The van der Waals surface area contributed by atoms with Gasteiger partial charge in [-0.1, -0.05) is 38.8 Å². The van der Waals surface area contributed by atoms with Crippen LogP contribution in [0.2, 0.25) is 13.1 Å². The molecule has 2 unspecified atom stereocenters. The number of fused-ring (bicyclic) bond motifs is 10. The fraction of sp³-hybridized carbons (Fsp3) is 0.850. The van der Waals surface area contributed by atoms with Gasteiger partial charge in [0, 0.05) is 12.8 Å². The number of carbonyl (C=O) groups is 2. The zero-order chi connectivity index (χ0) is 31.6. The van der Waals surface area contributed by atoms with Gasteiger partial charge in [0.05, 0.1) is 12.2 Å². The smallest absolute Gasteiger partial charge is 0.332 e. The van der Waals surface area contributed by atoms with E-state index in [1.54, 1.807) is 0 Å². The summed E-state index contributed by atoms with van der Waals surface area (Å²) in [5, 5.41) is 0. The van der Waals surface area contributed by atoms with E-state index in [4.69, 9.17) is 8.85 Å². The Balaban J connectivity index is 0.951. The van der Waals surface area contributed by atoms with Crippen molar-refractivity contribution in [1.29, 1.82) is 0 Å². The van der Waals surface area contributed by atoms with E-state index in [0.717, 1.165) is 74.0 Å². The van der Waals surface area contributed by atoms with Crippen LogP contribution in [0, 0.1) is 57.2 Å². The summed E-state index contributed by atoms with van der Waals surface area (Å²) in [6.07, 6.45) is 23.2. The Bertz CT molecular complexity index is 1230. The van der Waals surface area contributed by atoms with Crippen LogP contribution >= 0.6 is 0 Å². The third kappa shape index (κ3) is 4.61. The highest BCUT2D eigenvalue weighted by molar-refractivity contribution is 6.64. The Morgan fingerprint density at radius 3 is 1.40 bits per heavy atom. The molecule has 248 valence electrons. The van der Waals surface area contributed by atoms with E-state index >= 15 is 0 Å². The molecule has 0 amide bonds. The van der Waals surface area contributed by atoms with E-state index in [1.165, 1.54) is 75.4 Å². The maximum atomic E-state index is 12.3. The molecule has 0 aromatic heterocycles. The van der Waals surface area contributed by atoms with Crippen molar-refractivity contribution in [2.45, 2.75) is 156 Å². The zero-order valence-corrected chi connectivity index (χ0v) is 30.2. The van der Waals surface area contributed by atoms with Gasteiger partial charge in [-0.05, 0) is 172 Å². The van der Waals surface area contributed by atoms with Crippen LogP contribution in [0.25, 0.3) is 0 Å². The van der Waals surface area contributed by atoms with Crippen LogP contribution in [-0.2, 0) is 18.4 Å². The lowest BCUT2D eigenvalue weighted by Crippen LogP contribution is -2.55. The van der Waals surface area contributed by atoms with Crippen molar-refractivity contribution >= 4 is 20.1 Å². The van der Waals surface area contributed by atoms with Crippen molar-refractivity contribution in [3.05, 3.63) is 23.3 Å². The Morgan fingerprint density at radius 2 is 0.978 bits per heavy atom. The van der Waals surface area contributed by atoms with Crippen molar-refractivity contribution < 1.29 is 18.4 Å². The second kappa shape index (κ2) is 10.5. The van der Waals surface area contributed by atoms with E-state index in [-0.39, 0.29) is 21.7 Å². The van der Waals surface area contributed by atoms with Crippen molar-refractivity contribution in [3.8, 4) is 0 Å². The van der Waals surface area contributed by atoms with Gasteiger partial charge >= 0.3 is 8.56 Å². The molecule has 8 aliphatic rings. The molecular formula is C40H60O4Si. The van der Waals surface area contributed by atoms with Crippen molar-refractivity contribution in [2.75, 3.05) is 0 Å². The Morgan fingerprint density at radius 1 is 0.556 bits per heavy atom. The first-order valence-electron chi connectivity index (χ1n) is 19.1. The van der Waals surface area contributed by atoms with Crippen LogP contribution in [0.5, 0.6) is 0 Å². The topological polar surface area (TPSA) is 52.6 Å². The number of rotatable bonds is 4. The maximum Gasteiger partial charge on any atom is 0.332 e. The first-order chi connectivity index (χ1) is 21.3. The molecule has 0 aliphatic heterocycles. The minimum atomic E-state index is -2.36. The SMILES string of the molecule is C[C@]12CCC(=O)C=C1CC[C@@H]1[C@@H]2CC[C@]2(C)C(O[Si](C)(C)OC3CC[C@H]4[C@@H]5CCC6=CC(=O)CC[C@]6(C)[C@H]5CC[C@]34C)CC[C@@H]12. The summed E-state index contributed by atoms with van der Waals surface area (Å²) >= 11 is 0. The van der Waals surface area contributed by atoms with Crippen molar-refractivity contribution in [1.82, 2.24) is 0 Å². The van der Waals surface area contributed by atoms with Gasteiger partial charge in [0.2, 0.25) is 0 Å². The van der Waals surface area contributed by atoms with Crippen LogP contribution in [-0.4, -0.2) is 32.3 Å². The van der Waals surface area contributed by atoms with E-state index in [9.17, 15) is 9.59 Å². The molecule has 6 saturated carbocycles. The largest absolute Gasteiger partial charge is 0.391 e. The lowest BCUT2D eigenvalue weighted by molar-refractivity contribution is -0.118. The highest BCUT2D eigenvalue weighted by Gasteiger charge is 2.62. The van der Waals surface area contributed by atoms with Crippen LogP contribution in [0.1, 0.15) is 130 Å². The molecule has 45 heavy (non-hydrogen) atoms. The highest BCUT2D eigenvalue weighted by atomic mass is 28.4. The van der Waals surface area contributed by atoms with Gasteiger partial charge < -0.3 is 8.85 Å². The number of carbonyl (C=O) groups excluding carboxylic acids is 2. The van der Waals surface area contributed by atoms with Crippen LogP contribution in [0.3, 0.4) is 0 Å². The van der Waals surface area contributed by atoms with E-state index in [0.29, 0.717) is 23.8 Å². The summed E-state index contributed by atoms with van der Waals surface area (Å²) < 4.78 is 14.6. The highest BCUT2D eigenvalue weighted by Crippen LogP contribution is 2.68. The number of ketones is 2. The van der Waals surface area contributed by atoms with Gasteiger partial charge in [-0.2, -0.15) is 0 Å². The fourth-order valence-electron chi connectivity index (χ4n) is 14.1. The van der Waals surface area contributed by atoms with Gasteiger partial charge in [0.15, 0.2) is 11.6 Å². The third-order valence-electron chi connectivity index (χ3n) is 16.6. The number of hydrogen-bond acceptors (Lipinski definition) is 4. The molecule has 0 heterocycles. The lowest BCUT2D eigenvalue weighted by atomic mass is 9.47. The number of allylic oxidation sites excluding steroid dienone is 2. The summed E-state index contributed by atoms with van der Waals surface area (Å²) in [5.41, 5.74) is 3.93. The van der Waals surface area contributed by atoms with Crippen LogP contribution in [0.15, 0.2) is 23.3 Å². The van der Waals surface area contributed by atoms with E-state index < -0.39 is 8.56 Å². The van der Waals surface area contributed by atoms with Crippen LogP contribution in [0.4, 0.5) is 0 Å². The quantitative estimate of drug-likeness (QED) is 0.290. The predicted molar refractivity (Wildman–Crippen MR) is 181 cm³/mol. The Kier molecular flexibility index (Phi) is 7.27. The molecule has 4 nitrogen and oxygen atoms in total. The van der Waals surface area contributed by atoms with Gasteiger partial charge in [-0.25, -0.2) is 0 Å². The first-order valence-corrected chi connectivity index (χ1v) is 21.9. The molecule has 0 saturated heterocycles. The normalized spacial score (nSPS) is 50.8. The fourth-order valence-corrected chi connectivity index (χ4v) is 16.3. The van der Waals surface area contributed by atoms with Gasteiger partial charge in [0.25, 0.3) is 0 Å². The Hall–Kier alpha value is -1.04. The first kappa shape index (κ1) is 31.2. The molecule has 0 aromatic rings. The molecule has 0 radical (unpaired) electrons. The van der Waals surface area contributed by atoms with Crippen molar-refractivity contribution in [3.63, 3.8) is 0 Å². The molecule has 8 aliphatic carbocycles. The monoisotopic (exact) mass is 632 g/mol. The lowest BCUT2D eigenvalue weighted by Gasteiger charge is -2.58. The van der Waals surface area contributed by atoms with Gasteiger partial charge in [-0.15, -0.1) is 0 Å². The minimum Gasteiger partial charge on any atom is -0.391 e. The van der Waals surface area contributed by atoms with Gasteiger partial charge in [0.1, 0.15) is 0 Å².